The van der Waals surface area contributed by atoms with Gasteiger partial charge in [0.1, 0.15) is 0 Å². The number of likely N-dealkylation sites (N-methyl/N-ethyl adjacent to an activating group) is 1. The Balaban J connectivity index is 2.09. The molecule has 0 spiro atoms. The molecule has 0 aliphatic rings. The molecule has 0 atom stereocenters. The zero-order valence-electron chi connectivity index (χ0n) is 12.9. The summed E-state index contributed by atoms with van der Waals surface area (Å²) in [4.78, 5) is 6.77. The Hall–Kier alpha value is -1.33. The third kappa shape index (κ3) is 4.35. The largest absolute Gasteiger partial charge is 0.380 e. The Kier molecular flexibility index (Phi) is 4.50. The molecule has 110 valence electrons. The first-order chi connectivity index (χ1) is 9.33. The molecule has 0 amide bonds. The van der Waals surface area contributed by atoms with Crippen LogP contribution in [0.25, 0.3) is 10.2 Å². The number of hydrogen-bond donors (Lipinski definition) is 2. The summed E-state index contributed by atoms with van der Waals surface area (Å²) in [5, 5.41) is 7.87. The summed E-state index contributed by atoms with van der Waals surface area (Å²) in [6, 6.07) is 6.35. The number of anilines is 2. The van der Waals surface area contributed by atoms with E-state index in [1.807, 2.05) is 0 Å². The van der Waals surface area contributed by atoms with Gasteiger partial charge in [0.05, 0.1) is 10.2 Å². The fourth-order valence-corrected chi connectivity index (χ4v) is 2.83. The maximum atomic E-state index is 4.61. The van der Waals surface area contributed by atoms with Gasteiger partial charge in [0.25, 0.3) is 0 Å². The van der Waals surface area contributed by atoms with Crippen LogP contribution in [0.1, 0.15) is 20.8 Å². The van der Waals surface area contributed by atoms with E-state index in [0.717, 1.165) is 29.4 Å². The second kappa shape index (κ2) is 5.97. The summed E-state index contributed by atoms with van der Waals surface area (Å²) < 4.78 is 1.21. The zero-order valence-corrected chi connectivity index (χ0v) is 13.8. The summed E-state index contributed by atoms with van der Waals surface area (Å²) in [5.74, 6) is 0. The standard InChI is InChI=1S/C15H24N4S/c1-15(2,3)18-11-6-7-12-13(10-11)20-14(17-12)16-8-9-19(4)5/h6-7,10,18H,8-9H2,1-5H3,(H,16,17). The van der Waals surface area contributed by atoms with Gasteiger partial charge in [0.15, 0.2) is 5.13 Å². The third-order valence-corrected chi connectivity index (χ3v) is 3.72. The smallest absolute Gasteiger partial charge is 0.183 e. The monoisotopic (exact) mass is 292 g/mol. The normalized spacial score (nSPS) is 12.1. The molecule has 1 aromatic heterocycles. The third-order valence-electron chi connectivity index (χ3n) is 2.74. The van der Waals surface area contributed by atoms with Crippen molar-refractivity contribution in [2.24, 2.45) is 0 Å². The van der Waals surface area contributed by atoms with Crippen molar-refractivity contribution in [3.05, 3.63) is 18.2 Å². The highest BCUT2D eigenvalue weighted by Crippen LogP contribution is 2.29. The van der Waals surface area contributed by atoms with Crippen LogP contribution in [-0.4, -0.2) is 42.6 Å². The van der Waals surface area contributed by atoms with Crippen molar-refractivity contribution in [1.29, 1.82) is 0 Å². The Morgan fingerprint density at radius 1 is 1.25 bits per heavy atom. The van der Waals surface area contributed by atoms with Crippen molar-refractivity contribution in [2.75, 3.05) is 37.8 Å². The van der Waals surface area contributed by atoms with Gasteiger partial charge in [-0.15, -0.1) is 0 Å². The van der Waals surface area contributed by atoms with E-state index in [0.29, 0.717) is 0 Å². The lowest BCUT2D eigenvalue weighted by Crippen LogP contribution is -2.25. The first-order valence-electron chi connectivity index (χ1n) is 6.91. The summed E-state index contributed by atoms with van der Waals surface area (Å²) in [6.45, 7) is 8.42. The van der Waals surface area contributed by atoms with E-state index in [2.05, 4.69) is 73.6 Å². The topological polar surface area (TPSA) is 40.2 Å². The number of nitrogens with zero attached hydrogens (tertiary/aromatic N) is 2. The van der Waals surface area contributed by atoms with Crippen molar-refractivity contribution in [3.8, 4) is 0 Å². The van der Waals surface area contributed by atoms with Crippen LogP contribution in [0.4, 0.5) is 10.8 Å². The Labute approximate surface area is 125 Å². The minimum atomic E-state index is 0.0746. The lowest BCUT2D eigenvalue weighted by Gasteiger charge is -2.21. The van der Waals surface area contributed by atoms with Gasteiger partial charge in [-0.05, 0) is 53.1 Å². The Morgan fingerprint density at radius 3 is 2.65 bits per heavy atom. The molecule has 0 aliphatic heterocycles. The maximum Gasteiger partial charge on any atom is 0.183 e. The lowest BCUT2D eigenvalue weighted by molar-refractivity contribution is 0.425. The van der Waals surface area contributed by atoms with Crippen LogP contribution in [0.15, 0.2) is 18.2 Å². The van der Waals surface area contributed by atoms with Crippen LogP contribution >= 0.6 is 11.3 Å². The number of fused-ring (bicyclic) bond motifs is 1. The van der Waals surface area contributed by atoms with Crippen LogP contribution in [0.5, 0.6) is 0 Å². The molecule has 1 heterocycles. The van der Waals surface area contributed by atoms with Gasteiger partial charge in [-0.1, -0.05) is 11.3 Å². The number of thiazole rings is 1. The van der Waals surface area contributed by atoms with Gasteiger partial charge in [0, 0.05) is 24.3 Å². The van der Waals surface area contributed by atoms with E-state index in [1.54, 1.807) is 11.3 Å². The van der Waals surface area contributed by atoms with Crippen molar-refractivity contribution in [2.45, 2.75) is 26.3 Å². The van der Waals surface area contributed by atoms with Crippen LogP contribution in [0.3, 0.4) is 0 Å². The van der Waals surface area contributed by atoms with E-state index < -0.39 is 0 Å². The first-order valence-corrected chi connectivity index (χ1v) is 7.72. The predicted octanol–water partition coefficient (Wildman–Crippen LogP) is 3.48. The lowest BCUT2D eigenvalue weighted by atomic mass is 10.1. The summed E-state index contributed by atoms with van der Waals surface area (Å²) in [7, 11) is 4.15. The summed E-state index contributed by atoms with van der Waals surface area (Å²) in [6.07, 6.45) is 0. The van der Waals surface area contributed by atoms with E-state index >= 15 is 0 Å². The number of nitrogens with one attached hydrogen (secondary N) is 2. The van der Waals surface area contributed by atoms with Gasteiger partial charge in [-0.3, -0.25) is 0 Å². The average molecular weight is 292 g/mol. The van der Waals surface area contributed by atoms with Crippen molar-refractivity contribution >= 4 is 32.4 Å². The Morgan fingerprint density at radius 2 is 2.00 bits per heavy atom. The van der Waals surface area contributed by atoms with E-state index in [1.165, 1.54) is 4.70 Å². The predicted molar refractivity (Wildman–Crippen MR) is 90.0 cm³/mol. The second-order valence-electron chi connectivity index (χ2n) is 6.31. The van der Waals surface area contributed by atoms with E-state index in [-0.39, 0.29) is 5.54 Å². The zero-order chi connectivity index (χ0) is 14.8. The molecule has 0 saturated heterocycles. The molecule has 2 N–H and O–H groups in total. The maximum absolute atomic E-state index is 4.61. The molecule has 4 nitrogen and oxygen atoms in total. The van der Waals surface area contributed by atoms with Gasteiger partial charge < -0.3 is 15.5 Å². The molecule has 0 bridgehead atoms. The van der Waals surface area contributed by atoms with Gasteiger partial charge in [0.2, 0.25) is 0 Å². The molecule has 0 unspecified atom stereocenters. The molecule has 0 aliphatic carbocycles. The molecule has 0 fully saturated rings. The molecule has 2 rings (SSSR count). The van der Waals surface area contributed by atoms with Crippen LogP contribution in [0, 0.1) is 0 Å². The van der Waals surface area contributed by atoms with Gasteiger partial charge in [-0.2, -0.15) is 0 Å². The quantitative estimate of drug-likeness (QED) is 0.885. The van der Waals surface area contributed by atoms with Crippen molar-refractivity contribution in [3.63, 3.8) is 0 Å². The molecule has 0 saturated carbocycles. The van der Waals surface area contributed by atoms with Crippen molar-refractivity contribution < 1.29 is 0 Å². The van der Waals surface area contributed by atoms with E-state index in [4.69, 9.17) is 0 Å². The summed E-state index contributed by atoms with van der Waals surface area (Å²) >= 11 is 1.71. The molecular weight excluding hydrogens is 268 g/mol. The minimum Gasteiger partial charge on any atom is -0.380 e. The highest BCUT2D eigenvalue weighted by Gasteiger charge is 2.10. The molecular formula is C15H24N4S. The van der Waals surface area contributed by atoms with Crippen LogP contribution in [-0.2, 0) is 0 Å². The molecule has 2 aromatic rings. The minimum absolute atomic E-state index is 0.0746. The highest BCUT2D eigenvalue weighted by atomic mass is 32.1. The SMILES string of the molecule is CN(C)CCNc1nc2ccc(NC(C)(C)C)cc2s1. The highest BCUT2D eigenvalue weighted by molar-refractivity contribution is 7.22. The van der Waals surface area contributed by atoms with Gasteiger partial charge >= 0.3 is 0 Å². The molecule has 20 heavy (non-hydrogen) atoms. The summed E-state index contributed by atoms with van der Waals surface area (Å²) in [5.41, 5.74) is 2.28. The molecule has 1 aromatic carbocycles. The average Bonchev–Trinajstić information content (AvgIpc) is 2.68. The van der Waals surface area contributed by atoms with E-state index in [9.17, 15) is 0 Å². The van der Waals surface area contributed by atoms with Crippen molar-refractivity contribution in [1.82, 2.24) is 9.88 Å². The van der Waals surface area contributed by atoms with Gasteiger partial charge in [-0.25, -0.2) is 4.98 Å². The number of hydrogen-bond acceptors (Lipinski definition) is 5. The fraction of sp³-hybridized carbons (Fsp3) is 0.533. The van der Waals surface area contributed by atoms with Crippen LogP contribution < -0.4 is 10.6 Å². The fourth-order valence-electron chi connectivity index (χ4n) is 1.90. The Bertz CT molecular complexity index is 569. The first kappa shape index (κ1) is 15.1. The second-order valence-corrected chi connectivity index (χ2v) is 7.34. The molecule has 0 radical (unpaired) electrons. The number of aromatic nitrogens is 1. The van der Waals surface area contributed by atoms with Crippen LogP contribution in [0.2, 0.25) is 0 Å². The number of benzene rings is 1. The number of rotatable bonds is 5. The molecule has 5 heteroatoms.